The molecule has 3 aromatic carbocycles. The predicted octanol–water partition coefficient (Wildman–Crippen LogP) is 3.79. The molecule has 0 radical (unpaired) electrons. The Morgan fingerprint density at radius 3 is 2.13 bits per heavy atom. The van der Waals surface area contributed by atoms with Gasteiger partial charge >= 0.3 is 0 Å². The molecule has 3 rings (SSSR count). The molecule has 31 heavy (non-hydrogen) atoms. The number of nitrogens with zero attached hydrogens (tertiary/aromatic N) is 1. The Morgan fingerprint density at radius 1 is 0.871 bits per heavy atom. The predicted molar refractivity (Wildman–Crippen MR) is 122 cm³/mol. The number of amides is 1. The molecule has 3 aromatic rings. The van der Waals surface area contributed by atoms with Crippen molar-refractivity contribution in [3.63, 3.8) is 0 Å². The summed E-state index contributed by atoms with van der Waals surface area (Å²) in [6.45, 7) is -0.394. The average Bonchev–Trinajstić information content (AvgIpc) is 2.79. The molecule has 0 saturated heterocycles. The molecule has 158 valence electrons. The number of ketones is 1. The van der Waals surface area contributed by atoms with Gasteiger partial charge in [-0.05, 0) is 23.8 Å². The van der Waals surface area contributed by atoms with Crippen molar-refractivity contribution < 1.29 is 18.0 Å². The van der Waals surface area contributed by atoms with E-state index in [2.05, 4.69) is 5.32 Å². The van der Waals surface area contributed by atoms with Crippen molar-refractivity contribution in [2.45, 2.75) is 0 Å². The van der Waals surface area contributed by atoms with Gasteiger partial charge in [0.25, 0.3) is 0 Å². The normalized spacial score (nSPS) is 11.5. The van der Waals surface area contributed by atoms with E-state index in [1.165, 1.54) is 13.1 Å². The average molecular weight is 435 g/mol. The third kappa shape index (κ3) is 5.97. The van der Waals surface area contributed by atoms with E-state index in [9.17, 15) is 18.0 Å². The van der Waals surface area contributed by atoms with E-state index in [-0.39, 0.29) is 5.78 Å². The van der Waals surface area contributed by atoms with Gasteiger partial charge in [-0.2, -0.15) is 4.31 Å². The van der Waals surface area contributed by atoms with Crippen LogP contribution in [-0.2, 0) is 14.8 Å². The van der Waals surface area contributed by atoms with Crippen molar-refractivity contribution in [1.82, 2.24) is 4.31 Å². The van der Waals surface area contributed by atoms with Gasteiger partial charge in [0.05, 0.1) is 12.2 Å². The van der Waals surface area contributed by atoms with Crippen molar-refractivity contribution in [1.29, 1.82) is 0 Å². The monoisotopic (exact) mass is 434 g/mol. The second-order valence-corrected chi connectivity index (χ2v) is 8.73. The Morgan fingerprint density at radius 2 is 1.45 bits per heavy atom. The molecule has 1 amide bonds. The van der Waals surface area contributed by atoms with Crippen LogP contribution in [0.15, 0.2) is 90.3 Å². The summed E-state index contributed by atoms with van der Waals surface area (Å²) in [5.74, 6) is -0.782. The fraction of sp³-hybridized carbons (Fsp3) is 0.0833. The van der Waals surface area contributed by atoms with Crippen molar-refractivity contribution in [2.75, 3.05) is 18.9 Å². The number of sulfonamides is 1. The summed E-state index contributed by atoms with van der Waals surface area (Å²) >= 11 is 0. The lowest BCUT2D eigenvalue weighted by molar-refractivity contribution is -0.116. The fourth-order valence-corrected chi connectivity index (χ4v) is 3.68. The van der Waals surface area contributed by atoms with Crippen LogP contribution >= 0.6 is 0 Å². The number of para-hydroxylation sites is 1. The minimum absolute atomic E-state index is 0.233. The number of carbonyl (C=O) groups excluding carboxylic acids is 2. The fourth-order valence-electron chi connectivity index (χ4n) is 2.85. The van der Waals surface area contributed by atoms with Gasteiger partial charge in [0.15, 0.2) is 5.78 Å². The number of rotatable bonds is 8. The van der Waals surface area contributed by atoms with Gasteiger partial charge < -0.3 is 5.32 Å². The first-order valence-corrected chi connectivity index (χ1v) is 11.1. The molecule has 0 saturated carbocycles. The van der Waals surface area contributed by atoms with Gasteiger partial charge in [0.1, 0.15) is 0 Å². The summed E-state index contributed by atoms with van der Waals surface area (Å²) in [7, 11) is -2.47. The highest BCUT2D eigenvalue weighted by Gasteiger charge is 2.20. The molecule has 0 atom stereocenters. The molecule has 0 bridgehead atoms. The van der Waals surface area contributed by atoms with Crippen molar-refractivity contribution >= 4 is 33.5 Å². The summed E-state index contributed by atoms with van der Waals surface area (Å²) in [6, 6.07) is 24.3. The highest BCUT2D eigenvalue weighted by molar-refractivity contribution is 7.92. The Hall–Kier alpha value is -3.55. The molecule has 0 aliphatic rings. The molecule has 0 spiro atoms. The number of nitrogens with one attached hydrogen (secondary N) is 1. The highest BCUT2D eigenvalue weighted by atomic mass is 32.2. The molecule has 1 N–H and O–H groups in total. The quantitative estimate of drug-likeness (QED) is 0.547. The molecule has 0 aliphatic heterocycles. The summed E-state index contributed by atoms with van der Waals surface area (Å²) in [4.78, 5) is 25.3. The largest absolute Gasteiger partial charge is 0.324 e. The summed E-state index contributed by atoms with van der Waals surface area (Å²) in [6.07, 6.45) is 1.47. The maximum atomic E-state index is 12.8. The molecule has 7 heteroatoms. The minimum Gasteiger partial charge on any atom is -0.324 e. The highest BCUT2D eigenvalue weighted by Crippen LogP contribution is 2.19. The number of likely N-dealkylation sites (N-methyl/N-ethyl adjacent to an activating group) is 1. The lowest BCUT2D eigenvalue weighted by atomic mass is 10.0. The first-order chi connectivity index (χ1) is 14.9. The Labute approximate surface area is 181 Å². The van der Waals surface area contributed by atoms with Crippen molar-refractivity contribution in [3.05, 3.63) is 107 Å². The van der Waals surface area contributed by atoms with Crippen LogP contribution in [0.2, 0.25) is 0 Å². The Balaban J connectivity index is 1.70. The van der Waals surface area contributed by atoms with E-state index in [1.54, 1.807) is 72.8 Å². The van der Waals surface area contributed by atoms with E-state index in [4.69, 9.17) is 0 Å². The van der Waals surface area contributed by atoms with E-state index < -0.39 is 22.5 Å². The number of anilines is 1. The van der Waals surface area contributed by atoms with Crippen LogP contribution in [0.4, 0.5) is 5.69 Å². The minimum atomic E-state index is -3.79. The van der Waals surface area contributed by atoms with E-state index in [1.807, 2.05) is 12.1 Å². The SMILES string of the molecule is CN(CC(=O)Nc1ccccc1C(=O)c1ccccc1)S(=O)(=O)/C=C/c1ccccc1. The van der Waals surface area contributed by atoms with Crippen LogP contribution in [-0.4, -0.2) is 38.0 Å². The van der Waals surface area contributed by atoms with E-state index in [0.717, 1.165) is 15.3 Å². The zero-order valence-corrected chi connectivity index (χ0v) is 17.7. The zero-order chi connectivity index (χ0) is 22.3. The molecule has 6 nitrogen and oxygen atoms in total. The maximum Gasteiger partial charge on any atom is 0.239 e. The van der Waals surface area contributed by atoms with Gasteiger partial charge in [-0.25, -0.2) is 8.42 Å². The van der Waals surface area contributed by atoms with Crippen molar-refractivity contribution in [3.8, 4) is 0 Å². The van der Waals surface area contributed by atoms with Gasteiger partial charge in [0, 0.05) is 23.6 Å². The van der Waals surface area contributed by atoms with Gasteiger partial charge in [-0.1, -0.05) is 72.8 Å². The smallest absolute Gasteiger partial charge is 0.239 e. The number of carbonyl (C=O) groups is 2. The second kappa shape index (κ2) is 9.97. The lowest BCUT2D eigenvalue weighted by Gasteiger charge is -2.15. The number of hydrogen-bond donors (Lipinski definition) is 1. The van der Waals surface area contributed by atoms with Gasteiger partial charge in [-0.3, -0.25) is 9.59 Å². The third-order valence-corrected chi connectivity index (χ3v) is 5.99. The molecule has 0 heterocycles. The molecule has 0 fully saturated rings. The van der Waals surface area contributed by atoms with Crippen LogP contribution in [0.5, 0.6) is 0 Å². The molecule has 0 aliphatic carbocycles. The van der Waals surface area contributed by atoms with E-state index in [0.29, 0.717) is 16.8 Å². The second-order valence-electron chi connectivity index (χ2n) is 6.80. The molecule has 0 aromatic heterocycles. The lowest BCUT2D eigenvalue weighted by Crippen LogP contribution is -2.34. The van der Waals surface area contributed by atoms with Crippen LogP contribution in [0.3, 0.4) is 0 Å². The summed E-state index contributed by atoms with van der Waals surface area (Å²) in [5, 5.41) is 3.71. The Bertz CT molecular complexity index is 1190. The first-order valence-electron chi connectivity index (χ1n) is 9.55. The summed E-state index contributed by atoms with van der Waals surface area (Å²) in [5.41, 5.74) is 1.88. The third-order valence-electron chi connectivity index (χ3n) is 4.51. The molecular weight excluding hydrogens is 412 g/mol. The standard InChI is InChI=1S/C24H22N2O4S/c1-26(31(29,30)17-16-19-10-4-2-5-11-19)18-23(27)25-22-15-9-8-14-21(22)24(28)20-12-6-3-7-13-20/h2-17H,18H2,1H3,(H,25,27)/b17-16+. The van der Waals surface area contributed by atoms with Gasteiger partial charge in [-0.15, -0.1) is 0 Å². The number of benzene rings is 3. The van der Waals surface area contributed by atoms with Crippen molar-refractivity contribution in [2.24, 2.45) is 0 Å². The zero-order valence-electron chi connectivity index (χ0n) is 16.9. The molecule has 0 unspecified atom stereocenters. The first kappa shape index (κ1) is 22.1. The van der Waals surface area contributed by atoms with Crippen LogP contribution < -0.4 is 5.32 Å². The number of hydrogen-bond acceptors (Lipinski definition) is 4. The topological polar surface area (TPSA) is 83.6 Å². The van der Waals surface area contributed by atoms with Gasteiger partial charge in [0.2, 0.25) is 15.9 Å². The Kier molecular flexibility index (Phi) is 7.12. The van der Waals surface area contributed by atoms with Crippen LogP contribution in [0.1, 0.15) is 21.5 Å². The van der Waals surface area contributed by atoms with E-state index >= 15 is 0 Å². The van der Waals surface area contributed by atoms with Crippen LogP contribution in [0.25, 0.3) is 6.08 Å². The maximum absolute atomic E-state index is 12.8. The molecular formula is C24H22N2O4S. The van der Waals surface area contributed by atoms with Crippen LogP contribution in [0, 0.1) is 0 Å². The summed E-state index contributed by atoms with van der Waals surface area (Å²) < 4.78 is 25.9.